The predicted molar refractivity (Wildman–Crippen MR) is 67.3 cm³/mol. The molecule has 3 unspecified atom stereocenters. The summed E-state index contributed by atoms with van der Waals surface area (Å²) >= 11 is 0. The zero-order valence-electron chi connectivity index (χ0n) is 10.8. The number of nitrogens with one attached hydrogen (secondary N) is 1. The Balaban J connectivity index is 1.89. The van der Waals surface area contributed by atoms with Crippen LogP contribution in [0.1, 0.15) is 68.6 Å². The summed E-state index contributed by atoms with van der Waals surface area (Å²) < 4.78 is 5.77. The van der Waals surface area contributed by atoms with E-state index in [0.717, 1.165) is 19.4 Å². The van der Waals surface area contributed by atoms with Crippen molar-refractivity contribution in [1.29, 1.82) is 0 Å². The number of nitrogens with zero attached hydrogens (tertiary/aromatic N) is 1. The summed E-state index contributed by atoms with van der Waals surface area (Å²) in [5.41, 5.74) is 2.72. The van der Waals surface area contributed by atoms with Crippen molar-refractivity contribution < 1.29 is 4.74 Å². The molecule has 94 valence electrons. The molecule has 2 aliphatic rings. The first kappa shape index (κ1) is 11.3. The number of hydrogen-bond donors (Lipinski definition) is 1. The minimum Gasteiger partial charge on any atom is -0.377 e. The minimum atomic E-state index is 0.373. The molecule has 3 rings (SSSR count). The van der Waals surface area contributed by atoms with Gasteiger partial charge in [-0.3, -0.25) is 0 Å². The first-order chi connectivity index (χ1) is 8.29. The molecule has 3 heteroatoms. The molecule has 3 atom stereocenters. The third-order valence-corrected chi connectivity index (χ3v) is 4.32. The van der Waals surface area contributed by atoms with Crippen molar-refractivity contribution >= 4 is 0 Å². The molecule has 1 aromatic heterocycles. The number of imidazole rings is 1. The van der Waals surface area contributed by atoms with Crippen molar-refractivity contribution in [3.8, 4) is 0 Å². The molecule has 3 nitrogen and oxygen atoms in total. The van der Waals surface area contributed by atoms with E-state index in [4.69, 9.17) is 9.72 Å². The molecule has 2 heterocycles. The van der Waals surface area contributed by atoms with E-state index in [-0.39, 0.29) is 0 Å². The Labute approximate surface area is 103 Å². The van der Waals surface area contributed by atoms with Crippen LogP contribution in [-0.2, 0) is 11.2 Å². The number of H-pyrrole nitrogens is 1. The fraction of sp³-hybridized carbons (Fsp3) is 0.786. The van der Waals surface area contributed by atoms with Crippen LogP contribution in [0.2, 0.25) is 0 Å². The molecule has 1 aromatic rings. The maximum Gasteiger partial charge on any atom is 0.112 e. The smallest absolute Gasteiger partial charge is 0.112 e. The number of rotatable bonds is 2. The van der Waals surface area contributed by atoms with Gasteiger partial charge in [-0.1, -0.05) is 13.8 Å². The predicted octanol–water partition coefficient (Wildman–Crippen LogP) is 3.13. The van der Waals surface area contributed by atoms with Crippen LogP contribution in [0.15, 0.2) is 0 Å². The molecular formula is C14H22N2O. The van der Waals surface area contributed by atoms with Crippen LogP contribution >= 0.6 is 0 Å². The Bertz CT molecular complexity index is 399. The molecule has 1 fully saturated rings. The second kappa shape index (κ2) is 4.45. The van der Waals surface area contributed by atoms with Gasteiger partial charge < -0.3 is 9.72 Å². The SMILES string of the molecule is CCC1OCCC1c1nc2c([nH]1)CCCC2C. The van der Waals surface area contributed by atoms with Crippen molar-refractivity contribution in [1.82, 2.24) is 9.97 Å². The van der Waals surface area contributed by atoms with Gasteiger partial charge in [0.25, 0.3) is 0 Å². The lowest BCUT2D eigenvalue weighted by molar-refractivity contribution is 0.0995. The maximum absolute atomic E-state index is 5.77. The molecular weight excluding hydrogens is 212 g/mol. The van der Waals surface area contributed by atoms with E-state index in [2.05, 4.69) is 18.8 Å². The summed E-state index contributed by atoms with van der Waals surface area (Å²) in [4.78, 5) is 8.46. The molecule has 0 saturated carbocycles. The molecule has 1 aliphatic carbocycles. The number of aromatic nitrogens is 2. The largest absolute Gasteiger partial charge is 0.377 e. The van der Waals surface area contributed by atoms with Gasteiger partial charge in [0.2, 0.25) is 0 Å². The van der Waals surface area contributed by atoms with Crippen LogP contribution in [0.25, 0.3) is 0 Å². The maximum atomic E-state index is 5.77. The normalized spacial score (nSPS) is 32.7. The van der Waals surface area contributed by atoms with E-state index in [1.807, 2.05) is 0 Å². The topological polar surface area (TPSA) is 37.9 Å². The highest BCUT2D eigenvalue weighted by Gasteiger charge is 2.32. The van der Waals surface area contributed by atoms with Crippen molar-refractivity contribution in [3.05, 3.63) is 17.2 Å². The Hall–Kier alpha value is -0.830. The van der Waals surface area contributed by atoms with Gasteiger partial charge in [0.15, 0.2) is 0 Å². The van der Waals surface area contributed by atoms with Crippen molar-refractivity contribution in [3.63, 3.8) is 0 Å². The number of fused-ring (bicyclic) bond motifs is 1. The highest BCUT2D eigenvalue weighted by atomic mass is 16.5. The zero-order chi connectivity index (χ0) is 11.8. The molecule has 17 heavy (non-hydrogen) atoms. The van der Waals surface area contributed by atoms with E-state index in [1.165, 1.54) is 36.5 Å². The van der Waals surface area contributed by atoms with E-state index < -0.39 is 0 Å². The third kappa shape index (κ3) is 1.90. The van der Waals surface area contributed by atoms with Gasteiger partial charge in [-0.2, -0.15) is 0 Å². The Morgan fingerprint density at radius 3 is 3.06 bits per heavy atom. The van der Waals surface area contributed by atoms with E-state index in [9.17, 15) is 0 Å². The van der Waals surface area contributed by atoms with E-state index >= 15 is 0 Å². The highest BCUT2D eigenvalue weighted by Crippen LogP contribution is 2.35. The molecule has 1 saturated heterocycles. The summed E-state index contributed by atoms with van der Waals surface area (Å²) in [7, 11) is 0. The lowest BCUT2D eigenvalue weighted by Crippen LogP contribution is -2.14. The fourth-order valence-electron chi connectivity index (χ4n) is 3.30. The molecule has 0 amide bonds. The van der Waals surface area contributed by atoms with Crippen LogP contribution in [0.4, 0.5) is 0 Å². The van der Waals surface area contributed by atoms with Gasteiger partial charge in [-0.05, 0) is 32.1 Å². The molecule has 0 aromatic carbocycles. The van der Waals surface area contributed by atoms with Crippen LogP contribution in [0.5, 0.6) is 0 Å². The molecule has 1 N–H and O–H groups in total. The summed E-state index contributed by atoms with van der Waals surface area (Å²) in [6.45, 7) is 5.39. The Kier molecular flexibility index (Phi) is 2.95. The molecule has 0 spiro atoms. The first-order valence-electron chi connectivity index (χ1n) is 7.00. The fourth-order valence-corrected chi connectivity index (χ4v) is 3.30. The van der Waals surface area contributed by atoms with Gasteiger partial charge in [0.1, 0.15) is 5.82 Å². The number of ether oxygens (including phenoxy) is 1. The number of hydrogen-bond acceptors (Lipinski definition) is 2. The third-order valence-electron chi connectivity index (χ3n) is 4.32. The molecule has 1 aliphatic heterocycles. The zero-order valence-corrected chi connectivity index (χ0v) is 10.8. The number of aromatic amines is 1. The van der Waals surface area contributed by atoms with Gasteiger partial charge in [-0.25, -0.2) is 4.98 Å². The van der Waals surface area contributed by atoms with Crippen LogP contribution in [0.3, 0.4) is 0 Å². The van der Waals surface area contributed by atoms with Gasteiger partial charge in [-0.15, -0.1) is 0 Å². The Morgan fingerprint density at radius 1 is 1.41 bits per heavy atom. The summed E-state index contributed by atoms with van der Waals surface area (Å²) in [6.07, 6.45) is 6.35. The average molecular weight is 234 g/mol. The summed E-state index contributed by atoms with van der Waals surface area (Å²) in [5.74, 6) is 2.32. The monoisotopic (exact) mass is 234 g/mol. The van der Waals surface area contributed by atoms with Crippen molar-refractivity contribution in [2.24, 2.45) is 0 Å². The minimum absolute atomic E-state index is 0.373. The lowest BCUT2D eigenvalue weighted by atomic mass is 9.92. The first-order valence-corrected chi connectivity index (χ1v) is 7.00. The second-order valence-corrected chi connectivity index (χ2v) is 5.49. The van der Waals surface area contributed by atoms with Crippen molar-refractivity contribution in [2.75, 3.05) is 6.61 Å². The van der Waals surface area contributed by atoms with E-state index in [0.29, 0.717) is 17.9 Å². The number of aryl methyl sites for hydroxylation is 1. The second-order valence-electron chi connectivity index (χ2n) is 5.49. The van der Waals surface area contributed by atoms with Crippen molar-refractivity contribution in [2.45, 2.75) is 63.9 Å². The summed E-state index contributed by atoms with van der Waals surface area (Å²) in [6, 6.07) is 0. The van der Waals surface area contributed by atoms with Gasteiger partial charge in [0.05, 0.1) is 11.8 Å². The van der Waals surface area contributed by atoms with Crippen LogP contribution < -0.4 is 0 Å². The Morgan fingerprint density at radius 2 is 2.29 bits per heavy atom. The molecule has 0 bridgehead atoms. The quantitative estimate of drug-likeness (QED) is 0.853. The van der Waals surface area contributed by atoms with Gasteiger partial charge in [0, 0.05) is 24.1 Å². The van der Waals surface area contributed by atoms with Crippen LogP contribution in [-0.4, -0.2) is 22.7 Å². The summed E-state index contributed by atoms with van der Waals surface area (Å²) in [5, 5.41) is 0. The van der Waals surface area contributed by atoms with Crippen LogP contribution in [0, 0.1) is 0 Å². The standard InChI is InChI=1S/C14H22N2O/c1-3-12-10(7-8-17-12)14-15-11-6-4-5-9(2)13(11)16-14/h9-10,12H,3-8H2,1-2H3,(H,15,16). The highest BCUT2D eigenvalue weighted by molar-refractivity contribution is 5.23. The van der Waals surface area contributed by atoms with Gasteiger partial charge >= 0.3 is 0 Å². The van der Waals surface area contributed by atoms with E-state index in [1.54, 1.807) is 0 Å². The lowest BCUT2D eigenvalue weighted by Gasteiger charge is -2.15. The average Bonchev–Trinajstić information content (AvgIpc) is 2.94. The molecule has 0 radical (unpaired) electrons.